The monoisotopic (exact) mass is 1670 g/mol. The molecule has 18 N–H and O–H groups in total. The van der Waals surface area contributed by atoms with Gasteiger partial charge in [-0.2, -0.15) is 0 Å². The fourth-order valence-electron chi connectivity index (χ4n) is 18.7. The van der Waals surface area contributed by atoms with Crippen molar-refractivity contribution in [2.75, 3.05) is 45.7 Å². The molecule has 4 fully saturated rings. The lowest BCUT2D eigenvalue weighted by Gasteiger charge is -2.44. The number of aryl methyl sites for hydroxylation is 1. The minimum absolute atomic E-state index is 0.0120. The smallest absolute Gasteiger partial charge is 0.262 e. The molecule has 39 heteroatoms. The first-order chi connectivity index (χ1) is 56.0. The summed E-state index contributed by atoms with van der Waals surface area (Å²) >= 11 is 0. The van der Waals surface area contributed by atoms with Crippen molar-refractivity contribution in [2.24, 2.45) is 104 Å². The Morgan fingerprint density at radius 1 is 0.467 bits per heavy atom. The van der Waals surface area contributed by atoms with Crippen molar-refractivity contribution >= 4 is 91.0 Å². The van der Waals surface area contributed by atoms with Crippen molar-refractivity contribution in [1.82, 2.24) is 81.1 Å². The number of hydrogen-bond donors (Lipinski definition) is 15. The number of nitrogens with two attached hydrogens (primary N) is 3. The first kappa shape index (κ1) is 88.0. The zero-order valence-corrected chi connectivity index (χ0v) is 72.7. The first-order valence-corrected chi connectivity index (χ1v) is 41.5. The zero-order valence-electron chi connectivity index (χ0n) is 72.7. The van der Waals surface area contributed by atoms with Gasteiger partial charge in [-0.05, 0) is 177 Å². The molecule has 656 valence electrons. The van der Waals surface area contributed by atoms with Crippen LogP contribution >= 0.6 is 0 Å². The third-order valence-electron chi connectivity index (χ3n) is 25.6. The maximum Gasteiger partial charge on any atom is 0.262 e. The molecule has 18 rings (SSSR count). The van der Waals surface area contributed by atoms with E-state index in [2.05, 4.69) is 208 Å². The highest BCUT2D eigenvalue weighted by atomic mass is 16.3. The summed E-state index contributed by atoms with van der Waals surface area (Å²) in [6.07, 6.45) is 15.0. The Bertz CT molecular complexity index is 4550. The van der Waals surface area contributed by atoms with E-state index in [0.717, 1.165) is 40.9 Å². The zero-order chi connectivity index (χ0) is 87.7. The number of carbonyl (C=O) groups excluding carboxylic acids is 6. The van der Waals surface area contributed by atoms with E-state index in [1.807, 2.05) is 66.1 Å². The Labute approximate surface area is 701 Å². The number of anilines is 1. The number of amides is 5. The minimum Gasteiger partial charge on any atom is -0.392 e. The van der Waals surface area contributed by atoms with E-state index in [0.29, 0.717) is 49.4 Å². The molecule has 17 aliphatic rings. The lowest BCUT2D eigenvalue weighted by Crippen LogP contribution is -2.60. The fourth-order valence-corrected chi connectivity index (χ4v) is 18.7. The van der Waals surface area contributed by atoms with E-state index in [4.69, 9.17) is 17.2 Å². The van der Waals surface area contributed by atoms with Crippen LogP contribution in [-0.2, 0) is 24.0 Å². The highest BCUT2D eigenvalue weighted by Gasteiger charge is 2.61. The number of aliphatic hydroxyl groups excluding tert-OH is 5. The molecule has 0 aromatic carbocycles. The summed E-state index contributed by atoms with van der Waals surface area (Å²) in [6.45, 7) is 38.7. The summed E-state index contributed by atoms with van der Waals surface area (Å²) in [6, 6.07) is -1.24. The molecule has 0 radical (unpaired) electrons. The second-order valence-electron chi connectivity index (χ2n) is 39.1. The summed E-state index contributed by atoms with van der Waals surface area (Å²) in [5.41, 5.74) is 21.1. The number of aromatic nitrogens is 2. The lowest BCUT2D eigenvalue weighted by molar-refractivity contribution is -0.129. The summed E-state index contributed by atoms with van der Waals surface area (Å²) in [7, 11) is 5.60. The number of nitrogens with zero attached hydrogens (tertiary/aromatic N) is 18. The molecule has 39 nitrogen and oxygen atoms in total. The van der Waals surface area contributed by atoms with Crippen LogP contribution in [0.3, 0.4) is 0 Å². The Hall–Kier alpha value is -9.77. The highest BCUT2D eigenvalue weighted by Crippen LogP contribution is 2.55. The van der Waals surface area contributed by atoms with Crippen LogP contribution in [-0.4, -0.2) is 327 Å². The summed E-state index contributed by atoms with van der Waals surface area (Å²) in [4.78, 5) is 128. The van der Waals surface area contributed by atoms with Crippen LogP contribution in [0.15, 0.2) is 87.4 Å². The quantitative estimate of drug-likeness (QED) is 0.117. The number of nitrogens with one attached hydrogen (secondary N) is 7. The van der Waals surface area contributed by atoms with Crippen molar-refractivity contribution in [3.63, 3.8) is 0 Å². The van der Waals surface area contributed by atoms with Gasteiger partial charge < -0.3 is 103 Å². The molecule has 1 aromatic heterocycles. The molecule has 25 atom stereocenters. The molecule has 13 heterocycles. The number of aliphatic hydroxyl groups is 5. The van der Waals surface area contributed by atoms with E-state index < -0.39 is 36.3 Å². The molecule has 0 bridgehead atoms. The maximum atomic E-state index is 12.7. The maximum absolute atomic E-state index is 12.7. The molecular weight excluding hydrogens is 1540 g/mol. The molecule has 0 spiro atoms. The number of guanidine groups is 3. The Morgan fingerprint density at radius 2 is 0.917 bits per heavy atom. The lowest BCUT2D eigenvalue weighted by atomic mass is 9.95. The Balaban J connectivity index is 0.000000126. The molecule has 0 saturated heterocycles. The highest BCUT2D eigenvalue weighted by molar-refractivity contribution is 6.03. The molecule has 120 heavy (non-hydrogen) atoms. The second kappa shape index (κ2) is 32.6. The molecule has 5 amide bonds. The predicted molar refractivity (Wildman–Crippen MR) is 455 cm³/mol. The number of imidazole rings is 1. The minimum atomic E-state index is -0.879. The Morgan fingerprint density at radius 3 is 1.40 bits per heavy atom. The van der Waals surface area contributed by atoms with Gasteiger partial charge in [-0.15, -0.1) is 0 Å². The number of rotatable bonds is 9. The van der Waals surface area contributed by atoms with Crippen molar-refractivity contribution in [3.05, 3.63) is 58.9 Å². The van der Waals surface area contributed by atoms with Gasteiger partial charge in [0.15, 0.2) is 48.3 Å². The van der Waals surface area contributed by atoms with Crippen LogP contribution in [0.25, 0.3) is 0 Å². The van der Waals surface area contributed by atoms with E-state index in [-0.39, 0.29) is 172 Å². The number of carbonyl (C=O) groups is 6. The molecule has 1 aromatic rings. The molecular formula is C81H126N28O11. The standard InChI is InChI=1S/C17H27N5O3.C16H25N5O3.C15H23N5O2.C14H21N5O.C10H16N4O.C9H14N4O/c1-17(2,3)22-6-7(10-14(22)20-16(18)21-15(10)25)5-19-11-8-4-9(8)12(23)13(11)24;1-16(2,3)21-7-8(6-18-9-4-5-10(22)12(9)23)11-13(21)19-15(17)20-14(11)24;1-6-11(8-3-9(8)12(6)21)17-4-7-5-20(2)13-10(7)14(22)19-15(16)18-13;1-8-9(2)19-12(20)10-11(17(6)13(19)16-8)18(7-15-10)14(3,4)5;1-10(2,3)14-6-11-7-8(14)12-5-13(4)9(7)15;1-9(2,3)13-5-12-6-7(13)10-4-11-8(6)14/h6,8-14,19,23-24H,4-5H2,1-3H3,(H3,18,20,21,25);4-5,7,9-13,18,22-23H,6H2,1-3H3,(H3,17,19,20,24);5-6,8-13,17,21H,3-4H2,1-2H3,(H3,16,18,19,22);7,10-11H,1-6H3;5-8H,1-4H3;4-7H,1-3H3,(H,10,11,14). The Kier molecular flexibility index (Phi) is 23.9. The van der Waals surface area contributed by atoms with Crippen LogP contribution in [0, 0.1) is 61.2 Å². The number of hydrogen-bond acceptors (Lipinski definition) is 33. The number of fused-ring (bicyclic) bond motifs is 9. The third-order valence-corrected chi connectivity index (χ3v) is 25.6. The van der Waals surface area contributed by atoms with Crippen molar-refractivity contribution < 1.29 is 54.3 Å². The van der Waals surface area contributed by atoms with Crippen molar-refractivity contribution in [1.29, 1.82) is 0 Å². The average molecular weight is 1670 g/mol. The molecule has 5 aliphatic carbocycles. The van der Waals surface area contributed by atoms with E-state index in [1.165, 1.54) is 11.2 Å². The first-order valence-electron chi connectivity index (χ1n) is 41.5. The third kappa shape index (κ3) is 17.0. The van der Waals surface area contributed by atoms with Gasteiger partial charge in [-0.3, -0.25) is 64.3 Å². The van der Waals surface area contributed by atoms with Crippen LogP contribution < -0.4 is 59.3 Å². The molecule has 4 saturated carbocycles. The van der Waals surface area contributed by atoms with Gasteiger partial charge in [0, 0.05) is 105 Å². The van der Waals surface area contributed by atoms with Crippen LogP contribution in [0.1, 0.15) is 140 Å². The summed E-state index contributed by atoms with van der Waals surface area (Å²) in [5, 5.41) is 70.2. The van der Waals surface area contributed by atoms with Crippen LogP contribution in [0.4, 0.5) is 5.95 Å². The van der Waals surface area contributed by atoms with Gasteiger partial charge in [0.1, 0.15) is 48.5 Å². The van der Waals surface area contributed by atoms with Gasteiger partial charge >= 0.3 is 0 Å². The normalized spacial score (nSPS) is 35.9. The predicted octanol–water partition coefficient (Wildman–Crippen LogP) is -2.14. The molecule has 25 unspecified atom stereocenters. The summed E-state index contributed by atoms with van der Waals surface area (Å²) < 4.78 is 1.69. The van der Waals surface area contributed by atoms with Gasteiger partial charge in [0.05, 0.1) is 67.8 Å². The van der Waals surface area contributed by atoms with Gasteiger partial charge in [0.2, 0.25) is 23.7 Å². The van der Waals surface area contributed by atoms with Gasteiger partial charge in [-0.1, -0.05) is 19.1 Å². The fraction of sp³-hybridized carbons (Fsp3) is 0.691. The van der Waals surface area contributed by atoms with Gasteiger partial charge in [-0.25, -0.2) is 29.9 Å². The SMILES string of the molecule is CC(C)(C)N1C=C(CNC2C(O)C(O)C3CC32)C2C(=O)NC(N)=NC21.CC(C)(C)N1C=C(CNC2C=CC(O)C2O)C2C(=O)NC(N)=NC21.CC(C)(C)N1C=NC2C(=O)NC=NC21.CC1C(O)C2CC2C1NCC1=CN(C)C2N=C(N)NC(=O)C12.CN1C=NC2C(N=CN2C(C)(C)C)C1=O.Cc1nc2n(c1C)C(=O)C1N=CN(C(C)(C)C)C1N2C. The van der Waals surface area contributed by atoms with Crippen molar-refractivity contribution in [2.45, 2.75) is 269 Å². The largest absolute Gasteiger partial charge is 0.392 e. The topological polar surface area (TPSA) is 508 Å². The number of aliphatic imine (C=N–C) groups is 8. The van der Waals surface area contributed by atoms with E-state index in [9.17, 15) is 54.3 Å². The van der Waals surface area contributed by atoms with E-state index in [1.54, 1.807) is 49.1 Å². The van der Waals surface area contributed by atoms with Crippen LogP contribution in [0.2, 0.25) is 0 Å². The van der Waals surface area contributed by atoms with Gasteiger partial charge in [0.25, 0.3) is 17.7 Å². The van der Waals surface area contributed by atoms with Crippen LogP contribution in [0.5, 0.6) is 0 Å². The second-order valence-corrected chi connectivity index (χ2v) is 39.1. The average Bonchev–Trinajstić information content (AvgIpc) is 1.58. The summed E-state index contributed by atoms with van der Waals surface area (Å²) in [5.74, 6) is 1.54. The number of likely N-dealkylation sites (N-methyl/N-ethyl adjacent to an activating group) is 2. The van der Waals surface area contributed by atoms with Crippen molar-refractivity contribution in [3.8, 4) is 0 Å². The van der Waals surface area contributed by atoms with E-state index >= 15 is 0 Å². The molecule has 12 aliphatic heterocycles.